The van der Waals surface area contributed by atoms with E-state index in [1.807, 2.05) is 18.2 Å². The Hall–Kier alpha value is -2.08. The van der Waals surface area contributed by atoms with E-state index in [2.05, 4.69) is 11.8 Å². The number of piperidine rings is 1. The van der Waals surface area contributed by atoms with Crippen LogP contribution in [0.15, 0.2) is 30.3 Å². The molecule has 1 saturated heterocycles. The topological polar surface area (TPSA) is 113 Å². The first-order valence-electron chi connectivity index (χ1n) is 16.2. The summed E-state index contributed by atoms with van der Waals surface area (Å²) in [5.74, 6) is -2.16. The van der Waals surface area contributed by atoms with Crippen LogP contribution in [0.2, 0.25) is 0 Å². The summed E-state index contributed by atoms with van der Waals surface area (Å²) in [6.07, 6.45) is -0.506. The Morgan fingerprint density at radius 3 is 2.34 bits per heavy atom. The van der Waals surface area contributed by atoms with Crippen molar-refractivity contribution in [3.63, 3.8) is 0 Å². The number of aliphatic hydroxyl groups is 1. The van der Waals surface area contributed by atoms with Gasteiger partial charge in [0.2, 0.25) is 0 Å². The van der Waals surface area contributed by atoms with Gasteiger partial charge in [-0.25, -0.2) is 4.79 Å². The van der Waals surface area contributed by atoms with Crippen LogP contribution in [0.1, 0.15) is 43.5 Å². The summed E-state index contributed by atoms with van der Waals surface area (Å²) in [5.41, 5.74) is -1.58. The van der Waals surface area contributed by atoms with Crippen molar-refractivity contribution in [1.29, 1.82) is 0 Å². The number of fused-ring (bicyclic) bond motifs is 2. The van der Waals surface area contributed by atoms with E-state index in [-0.39, 0.29) is 41.4 Å². The lowest BCUT2D eigenvalue weighted by molar-refractivity contribution is -0.303. The minimum absolute atomic E-state index is 0.0249. The number of carbonyl (C=O) groups is 2. The molecule has 0 aromatic heterocycles. The van der Waals surface area contributed by atoms with Gasteiger partial charge in [0.25, 0.3) is 0 Å². The molecule has 5 saturated carbocycles. The third-order valence-electron chi connectivity index (χ3n) is 13.0. The Bertz CT molecular complexity index is 1280. The van der Waals surface area contributed by atoms with Gasteiger partial charge < -0.3 is 33.5 Å². The highest BCUT2D eigenvalue weighted by atomic mass is 16.6. The summed E-state index contributed by atoms with van der Waals surface area (Å²) >= 11 is 0. The SMILES string of the molecule is CCN1C[C@]2(COC)CC[C@H](OC)[C@]34C1[C@H]([C@H](OC)[C@H]23)[C@]1(OC(C)=O)[C@@H]2[C@H]4CC([C@@H](OC)[C@@H]1O)[C@@H]2OC(=O)c1ccccc1. The molecule has 1 aromatic rings. The number of esters is 2. The number of methoxy groups -OCH3 is 4. The van der Waals surface area contributed by atoms with E-state index in [4.69, 9.17) is 28.4 Å². The summed E-state index contributed by atoms with van der Waals surface area (Å²) in [4.78, 5) is 29.5. The number of ether oxygens (including phenoxy) is 6. The van der Waals surface area contributed by atoms with Crippen LogP contribution in [0.5, 0.6) is 0 Å². The molecule has 14 atom stereocenters. The quantitative estimate of drug-likeness (QED) is 0.417. The molecule has 5 aliphatic carbocycles. The summed E-state index contributed by atoms with van der Waals surface area (Å²) in [5, 5.41) is 12.5. The summed E-state index contributed by atoms with van der Waals surface area (Å²) in [6, 6.07) is 8.88. The molecular formula is C34H47NO9. The van der Waals surface area contributed by atoms with Crippen molar-refractivity contribution in [3.8, 4) is 0 Å². The fourth-order valence-electron chi connectivity index (χ4n) is 12.3. The zero-order valence-corrected chi connectivity index (χ0v) is 26.6. The Morgan fingerprint density at radius 2 is 1.73 bits per heavy atom. The van der Waals surface area contributed by atoms with Crippen molar-refractivity contribution >= 4 is 11.9 Å². The Kier molecular flexibility index (Phi) is 7.46. The van der Waals surface area contributed by atoms with E-state index in [9.17, 15) is 14.7 Å². The van der Waals surface area contributed by atoms with Gasteiger partial charge in [-0.05, 0) is 43.9 Å². The van der Waals surface area contributed by atoms with Crippen molar-refractivity contribution in [2.24, 2.45) is 40.4 Å². The molecule has 6 fully saturated rings. The van der Waals surface area contributed by atoms with Gasteiger partial charge in [-0.3, -0.25) is 9.69 Å². The van der Waals surface area contributed by atoms with Gasteiger partial charge in [0, 0.05) is 82.5 Å². The number of rotatable bonds is 9. The molecular weight excluding hydrogens is 566 g/mol. The molecule has 44 heavy (non-hydrogen) atoms. The zero-order chi connectivity index (χ0) is 31.2. The van der Waals surface area contributed by atoms with Crippen molar-refractivity contribution in [2.75, 3.05) is 48.1 Å². The Morgan fingerprint density at radius 1 is 1.00 bits per heavy atom. The third-order valence-corrected chi connectivity index (χ3v) is 13.0. The third kappa shape index (κ3) is 3.58. The van der Waals surface area contributed by atoms with Crippen molar-refractivity contribution in [2.45, 2.75) is 75.3 Å². The molecule has 6 aliphatic rings. The highest BCUT2D eigenvalue weighted by Crippen LogP contribution is 2.80. The van der Waals surface area contributed by atoms with Crippen LogP contribution in [-0.4, -0.2) is 112 Å². The van der Waals surface area contributed by atoms with Gasteiger partial charge in [-0.2, -0.15) is 0 Å². The molecule has 0 radical (unpaired) electrons. The minimum Gasteiger partial charge on any atom is -0.458 e. The van der Waals surface area contributed by atoms with E-state index in [0.717, 1.165) is 25.9 Å². The van der Waals surface area contributed by atoms with E-state index in [0.29, 0.717) is 18.6 Å². The van der Waals surface area contributed by atoms with E-state index in [1.54, 1.807) is 40.6 Å². The Balaban J connectivity index is 1.49. The molecule has 1 spiro atoms. The zero-order valence-electron chi connectivity index (χ0n) is 26.6. The number of carbonyl (C=O) groups excluding carboxylic acids is 2. The molecule has 1 aromatic carbocycles. The lowest BCUT2D eigenvalue weighted by Crippen LogP contribution is -2.79. The van der Waals surface area contributed by atoms with Gasteiger partial charge in [0.05, 0.1) is 30.5 Å². The first-order chi connectivity index (χ1) is 21.2. The van der Waals surface area contributed by atoms with E-state index < -0.39 is 53.1 Å². The predicted molar refractivity (Wildman–Crippen MR) is 158 cm³/mol. The highest BCUT2D eigenvalue weighted by Gasteiger charge is 2.89. The maximum atomic E-state index is 13.7. The number of hydrogen-bond donors (Lipinski definition) is 1. The van der Waals surface area contributed by atoms with Crippen LogP contribution in [0.25, 0.3) is 0 Å². The largest absolute Gasteiger partial charge is 0.458 e. The van der Waals surface area contributed by atoms with Crippen LogP contribution in [-0.2, 0) is 33.2 Å². The first-order valence-corrected chi connectivity index (χ1v) is 16.2. The van der Waals surface area contributed by atoms with Gasteiger partial charge in [0.1, 0.15) is 12.2 Å². The van der Waals surface area contributed by atoms with Gasteiger partial charge in [-0.15, -0.1) is 0 Å². The normalized spacial score (nSPS) is 48.2. The molecule has 7 rings (SSSR count). The van der Waals surface area contributed by atoms with Crippen LogP contribution < -0.4 is 0 Å². The second-order valence-electron chi connectivity index (χ2n) is 14.1. The predicted octanol–water partition coefficient (Wildman–Crippen LogP) is 2.56. The van der Waals surface area contributed by atoms with E-state index in [1.165, 1.54) is 6.92 Å². The fourth-order valence-corrected chi connectivity index (χ4v) is 12.3. The fraction of sp³-hybridized carbons (Fsp3) is 0.765. The number of hydrogen-bond acceptors (Lipinski definition) is 10. The van der Waals surface area contributed by atoms with Gasteiger partial charge >= 0.3 is 11.9 Å². The molecule has 10 heteroatoms. The van der Waals surface area contributed by atoms with Gasteiger partial charge in [0.15, 0.2) is 5.60 Å². The van der Waals surface area contributed by atoms with Crippen LogP contribution in [0, 0.1) is 40.4 Å². The molecule has 242 valence electrons. The average molecular weight is 614 g/mol. The number of likely N-dealkylation sites (tertiary alicyclic amines) is 1. The standard InChI is InChI=1S/C34H47NO9/c1-7-35-16-32(17-39-3)14-13-22(40-4)33-21-15-20-25(43-31(38)19-11-9-8-10-12-19)23(21)34(44-18(2)36,30(37)26(20)41-5)24(29(33)35)27(42-6)28(32)33/h8-12,20-30,37H,7,13-17H2,1-6H3/t20?,21-,22+,23-,24+,25+,26-,27+,28-,29?,30+,32+,33+,34-/m1/s1. The second-order valence-corrected chi connectivity index (χ2v) is 14.1. The molecule has 2 unspecified atom stereocenters. The number of nitrogens with zero attached hydrogens (tertiary/aromatic N) is 1. The summed E-state index contributed by atoms with van der Waals surface area (Å²) < 4.78 is 38.2. The monoisotopic (exact) mass is 613 g/mol. The highest BCUT2D eigenvalue weighted by molar-refractivity contribution is 5.89. The van der Waals surface area contributed by atoms with Crippen molar-refractivity contribution in [1.82, 2.24) is 4.90 Å². The van der Waals surface area contributed by atoms with Crippen LogP contribution >= 0.6 is 0 Å². The maximum absolute atomic E-state index is 13.7. The van der Waals surface area contributed by atoms with E-state index >= 15 is 0 Å². The summed E-state index contributed by atoms with van der Waals surface area (Å²) in [7, 11) is 6.89. The molecule has 7 bridgehead atoms. The molecule has 1 N–H and O–H groups in total. The molecule has 1 heterocycles. The van der Waals surface area contributed by atoms with Crippen molar-refractivity contribution < 1.29 is 43.1 Å². The second kappa shape index (κ2) is 10.7. The number of aliphatic hydroxyl groups excluding tert-OH is 1. The Labute approximate surface area is 259 Å². The lowest BCUT2D eigenvalue weighted by atomic mass is 9.43. The van der Waals surface area contributed by atoms with Gasteiger partial charge in [-0.1, -0.05) is 25.1 Å². The summed E-state index contributed by atoms with van der Waals surface area (Å²) in [6.45, 7) is 5.75. The molecule has 1 aliphatic heterocycles. The molecule has 10 nitrogen and oxygen atoms in total. The lowest BCUT2D eigenvalue weighted by Gasteiger charge is -2.69. The first kappa shape index (κ1) is 30.6. The van der Waals surface area contributed by atoms with Crippen LogP contribution in [0.3, 0.4) is 0 Å². The smallest absolute Gasteiger partial charge is 0.338 e. The minimum atomic E-state index is -1.41. The van der Waals surface area contributed by atoms with Crippen LogP contribution in [0.4, 0.5) is 0 Å². The number of benzene rings is 1. The maximum Gasteiger partial charge on any atom is 0.338 e. The molecule has 0 amide bonds. The average Bonchev–Trinajstić information content (AvgIpc) is 3.45. The van der Waals surface area contributed by atoms with Crippen molar-refractivity contribution in [3.05, 3.63) is 35.9 Å².